The second kappa shape index (κ2) is 6.55. The number of likely N-dealkylation sites (N-methyl/N-ethyl adjacent to an activating group) is 1. The van der Waals surface area contributed by atoms with Crippen LogP contribution < -0.4 is 5.73 Å². The molecule has 114 valence electrons. The second-order valence-electron chi connectivity index (χ2n) is 5.59. The Morgan fingerprint density at radius 1 is 1.23 bits per heavy atom. The first-order chi connectivity index (χ1) is 10.7. The molecule has 0 fully saturated rings. The molecule has 4 heteroatoms. The van der Waals surface area contributed by atoms with Gasteiger partial charge in [0, 0.05) is 23.5 Å². The molecule has 0 aromatic heterocycles. The zero-order valence-electron chi connectivity index (χ0n) is 12.8. The Kier molecular flexibility index (Phi) is 4.50. The molecule has 3 rings (SSSR count). The fourth-order valence-corrected chi connectivity index (χ4v) is 3.11. The molecule has 1 aliphatic rings. The summed E-state index contributed by atoms with van der Waals surface area (Å²) in [5.41, 5.74) is 10.7. The van der Waals surface area contributed by atoms with E-state index in [2.05, 4.69) is 47.6 Å². The summed E-state index contributed by atoms with van der Waals surface area (Å²) in [6, 6.07) is 14.1. The lowest BCUT2D eigenvalue weighted by Crippen LogP contribution is -2.30. The first-order valence-corrected chi connectivity index (χ1v) is 8.08. The van der Waals surface area contributed by atoms with E-state index in [9.17, 15) is 0 Å². The number of benzene rings is 2. The van der Waals surface area contributed by atoms with Gasteiger partial charge in [-0.2, -0.15) is 0 Å². The van der Waals surface area contributed by atoms with Gasteiger partial charge in [-0.25, -0.2) is 4.99 Å². The van der Waals surface area contributed by atoms with Crippen LogP contribution in [0.4, 0.5) is 5.69 Å². The summed E-state index contributed by atoms with van der Waals surface area (Å²) in [6.07, 6.45) is 1.11. The number of amidine groups is 1. The van der Waals surface area contributed by atoms with Gasteiger partial charge < -0.3 is 5.73 Å². The summed E-state index contributed by atoms with van der Waals surface area (Å²) in [5.74, 6) is 0.508. The molecule has 0 amide bonds. The molecule has 22 heavy (non-hydrogen) atoms. The van der Waals surface area contributed by atoms with E-state index >= 15 is 0 Å². The van der Waals surface area contributed by atoms with Crippen molar-refractivity contribution >= 4 is 24.2 Å². The molecule has 0 atom stereocenters. The minimum atomic E-state index is 0.508. The average Bonchev–Trinajstić information content (AvgIpc) is 2.54. The Hall–Kier alpha value is -1.78. The first-order valence-electron chi connectivity index (χ1n) is 7.64. The van der Waals surface area contributed by atoms with Crippen LogP contribution in [0.2, 0.25) is 0 Å². The molecular formula is C18H21N3S. The van der Waals surface area contributed by atoms with Gasteiger partial charge in [-0.3, -0.25) is 4.90 Å². The van der Waals surface area contributed by atoms with Crippen molar-refractivity contribution in [2.45, 2.75) is 24.8 Å². The topological polar surface area (TPSA) is 41.6 Å². The number of rotatable bonds is 3. The van der Waals surface area contributed by atoms with Gasteiger partial charge in [0.05, 0.1) is 5.69 Å². The van der Waals surface area contributed by atoms with E-state index in [4.69, 9.17) is 5.73 Å². The SMILES string of the molecule is CCN1CCc2ccc(N=C(N)c3ccccc3S)cc2C1. The Morgan fingerprint density at radius 3 is 2.82 bits per heavy atom. The molecule has 0 spiro atoms. The summed E-state index contributed by atoms with van der Waals surface area (Å²) >= 11 is 4.44. The van der Waals surface area contributed by atoms with Crippen LogP contribution in [0.15, 0.2) is 52.4 Å². The summed E-state index contributed by atoms with van der Waals surface area (Å²) < 4.78 is 0. The van der Waals surface area contributed by atoms with Crippen molar-refractivity contribution in [1.29, 1.82) is 0 Å². The monoisotopic (exact) mass is 311 g/mol. The van der Waals surface area contributed by atoms with E-state index in [1.54, 1.807) is 0 Å². The van der Waals surface area contributed by atoms with Crippen molar-refractivity contribution in [3.8, 4) is 0 Å². The summed E-state index contributed by atoms with van der Waals surface area (Å²) in [4.78, 5) is 7.87. The van der Waals surface area contributed by atoms with E-state index in [1.807, 2.05) is 24.3 Å². The van der Waals surface area contributed by atoms with Gasteiger partial charge in [-0.1, -0.05) is 31.2 Å². The van der Waals surface area contributed by atoms with Crippen LogP contribution in [0.3, 0.4) is 0 Å². The molecule has 3 nitrogen and oxygen atoms in total. The third kappa shape index (κ3) is 3.18. The van der Waals surface area contributed by atoms with E-state index in [0.29, 0.717) is 5.84 Å². The predicted octanol–water partition coefficient (Wildman–Crippen LogP) is 3.39. The first kappa shape index (κ1) is 15.1. The lowest BCUT2D eigenvalue weighted by atomic mass is 9.99. The van der Waals surface area contributed by atoms with Gasteiger partial charge in [0.2, 0.25) is 0 Å². The predicted molar refractivity (Wildman–Crippen MR) is 95.2 cm³/mol. The summed E-state index contributed by atoms with van der Waals surface area (Å²) in [7, 11) is 0. The maximum Gasteiger partial charge on any atom is 0.132 e. The zero-order chi connectivity index (χ0) is 15.5. The second-order valence-corrected chi connectivity index (χ2v) is 6.07. The molecule has 0 unspecified atom stereocenters. The molecule has 1 aliphatic heterocycles. The highest BCUT2D eigenvalue weighted by atomic mass is 32.1. The highest BCUT2D eigenvalue weighted by molar-refractivity contribution is 7.80. The third-order valence-corrected chi connectivity index (χ3v) is 4.55. The number of hydrogen-bond donors (Lipinski definition) is 2. The minimum Gasteiger partial charge on any atom is -0.383 e. The van der Waals surface area contributed by atoms with Crippen LogP contribution >= 0.6 is 12.6 Å². The lowest BCUT2D eigenvalue weighted by Gasteiger charge is -2.27. The number of nitrogens with zero attached hydrogens (tertiary/aromatic N) is 2. The van der Waals surface area contributed by atoms with Gasteiger partial charge in [0.25, 0.3) is 0 Å². The van der Waals surface area contributed by atoms with Crippen molar-refractivity contribution < 1.29 is 0 Å². The number of hydrogen-bond acceptors (Lipinski definition) is 3. The van der Waals surface area contributed by atoms with Crippen molar-refractivity contribution in [2.75, 3.05) is 13.1 Å². The molecule has 0 aliphatic carbocycles. The van der Waals surface area contributed by atoms with Crippen molar-refractivity contribution in [1.82, 2.24) is 4.90 Å². The van der Waals surface area contributed by atoms with Crippen LogP contribution in [-0.4, -0.2) is 23.8 Å². The standard InChI is InChI=1S/C18H21N3S/c1-2-21-10-9-13-7-8-15(11-14(13)12-21)20-18(19)16-5-3-4-6-17(16)22/h3-8,11,22H,2,9-10,12H2,1H3,(H2,19,20). The lowest BCUT2D eigenvalue weighted by molar-refractivity contribution is 0.268. The Balaban J connectivity index is 1.90. The Labute approximate surface area is 137 Å². The number of nitrogens with two attached hydrogens (primary N) is 1. The molecule has 0 bridgehead atoms. The normalized spacial score (nSPS) is 15.6. The fraction of sp³-hybridized carbons (Fsp3) is 0.278. The van der Waals surface area contributed by atoms with Crippen molar-refractivity contribution in [3.05, 3.63) is 59.2 Å². The molecule has 2 N–H and O–H groups in total. The van der Waals surface area contributed by atoms with Gasteiger partial charge >= 0.3 is 0 Å². The fourth-order valence-electron chi connectivity index (χ4n) is 2.83. The minimum absolute atomic E-state index is 0.508. The van der Waals surface area contributed by atoms with E-state index < -0.39 is 0 Å². The maximum absolute atomic E-state index is 6.15. The number of fused-ring (bicyclic) bond motifs is 1. The molecule has 2 aromatic rings. The van der Waals surface area contributed by atoms with E-state index in [1.165, 1.54) is 11.1 Å². The van der Waals surface area contributed by atoms with Crippen LogP contribution in [0, 0.1) is 0 Å². The molecule has 0 saturated carbocycles. The molecule has 0 radical (unpaired) electrons. The Bertz CT molecular complexity index is 709. The van der Waals surface area contributed by atoms with Gasteiger partial charge in [-0.15, -0.1) is 12.6 Å². The molecule has 1 heterocycles. The number of thiol groups is 1. The van der Waals surface area contributed by atoms with Crippen LogP contribution in [0.1, 0.15) is 23.6 Å². The van der Waals surface area contributed by atoms with Gasteiger partial charge in [0.1, 0.15) is 5.84 Å². The van der Waals surface area contributed by atoms with Gasteiger partial charge in [-0.05, 0) is 42.3 Å². The molecule has 0 saturated heterocycles. The highest BCUT2D eigenvalue weighted by Crippen LogP contribution is 2.25. The average molecular weight is 311 g/mol. The summed E-state index contributed by atoms with van der Waals surface area (Å²) in [6.45, 7) is 5.43. The quantitative estimate of drug-likeness (QED) is 0.518. The van der Waals surface area contributed by atoms with Crippen LogP contribution in [0.25, 0.3) is 0 Å². The smallest absolute Gasteiger partial charge is 0.132 e. The van der Waals surface area contributed by atoms with Crippen LogP contribution in [0.5, 0.6) is 0 Å². The maximum atomic E-state index is 6.15. The third-order valence-electron chi connectivity index (χ3n) is 4.16. The Morgan fingerprint density at radius 2 is 2.05 bits per heavy atom. The van der Waals surface area contributed by atoms with E-state index in [-0.39, 0.29) is 0 Å². The number of aliphatic imine (C=N–C) groups is 1. The molecular weight excluding hydrogens is 290 g/mol. The van der Waals surface area contributed by atoms with Crippen LogP contribution in [-0.2, 0) is 13.0 Å². The molecule has 2 aromatic carbocycles. The van der Waals surface area contributed by atoms with Crippen molar-refractivity contribution in [2.24, 2.45) is 10.7 Å². The van der Waals surface area contributed by atoms with Crippen molar-refractivity contribution in [3.63, 3.8) is 0 Å². The zero-order valence-corrected chi connectivity index (χ0v) is 13.7. The summed E-state index contributed by atoms with van der Waals surface area (Å²) in [5, 5.41) is 0. The van der Waals surface area contributed by atoms with E-state index in [0.717, 1.165) is 42.2 Å². The largest absolute Gasteiger partial charge is 0.383 e. The highest BCUT2D eigenvalue weighted by Gasteiger charge is 2.15. The van der Waals surface area contributed by atoms with Gasteiger partial charge in [0.15, 0.2) is 0 Å².